The number of ether oxygens (including phenoxy) is 3. The lowest BCUT2D eigenvalue weighted by molar-refractivity contribution is -0.149. The van der Waals surface area contributed by atoms with Gasteiger partial charge in [-0.15, -0.1) is 0 Å². The molecule has 0 spiro atoms. The van der Waals surface area contributed by atoms with Crippen LogP contribution < -0.4 is 10.5 Å². The van der Waals surface area contributed by atoms with E-state index in [2.05, 4.69) is 10.1 Å². The van der Waals surface area contributed by atoms with Crippen LogP contribution >= 0.6 is 0 Å². The second-order valence-corrected chi connectivity index (χ2v) is 8.48. The largest absolute Gasteiger partial charge is 0.489 e. The first kappa shape index (κ1) is 23.4. The molecule has 5 rings (SSSR count). The van der Waals surface area contributed by atoms with Crippen molar-refractivity contribution in [3.05, 3.63) is 78.3 Å². The van der Waals surface area contributed by atoms with Crippen LogP contribution in [-0.2, 0) is 27.3 Å². The van der Waals surface area contributed by atoms with Gasteiger partial charge in [-0.2, -0.15) is 5.10 Å². The van der Waals surface area contributed by atoms with Gasteiger partial charge in [-0.1, -0.05) is 18.2 Å². The van der Waals surface area contributed by atoms with Crippen molar-refractivity contribution < 1.29 is 23.4 Å². The molecule has 0 aliphatic rings. The molecule has 5 aromatic rings. The molecular weight excluding hydrogens is 460 g/mol. The Bertz CT molecular complexity index is 1520. The number of methoxy groups -OCH3 is 1. The molecular formula is C27H26N4O5. The molecule has 2 aromatic carbocycles. The van der Waals surface area contributed by atoms with Gasteiger partial charge in [-0.3, -0.25) is 4.79 Å². The van der Waals surface area contributed by atoms with E-state index in [1.54, 1.807) is 30.9 Å². The maximum Gasteiger partial charge on any atom is 0.310 e. The summed E-state index contributed by atoms with van der Waals surface area (Å²) < 4.78 is 24.0. The zero-order valence-corrected chi connectivity index (χ0v) is 20.0. The molecule has 0 radical (unpaired) electrons. The van der Waals surface area contributed by atoms with Crippen LogP contribution in [0.1, 0.15) is 18.1 Å². The summed E-state index contributed by atoms with van der Waals surface area (Å²) in [6.45, 7) is 2.42. The molecule has 1 unspecified atom stereocenters. The number of fused-ring (bicyclic) bond motifs is 2. The van der Waals surface area contributed by atoms with E-state index in [1.165, 1.54) is 6.33 Å². The fourth-order valence-electron chi connectivity index (χ4n) is 4.21. The molecule has 0 amide bonds. The van der Waals surface area contributed by atoms with Crippen LogP contribution in [0.25, 0.3) is 27.7 Å². The van der Waals surface area contributed by atoms with Gasteiger partial charge in [-0.05, 0) is 48.9 Å². The maximum atomic E-state index is 12.4. The number of hydrogen-bond acceptors (Lipinski definition) is 8. The number of nitrogens with zero attached hydrogens (tertiary/aromatic N) is 3. The number of rotatable bonds is 9. The van der Waals surface area contributed by atoms with Gasteiger partial charge in [0.05, 0.1) is 24.8 Å². The number of para-hydroxylation sites is 1. The molecule has 0 saturated heterocycles. The van der Waals surface area contributed by atoms with Crippen molar-refractivity contribution in [1.29, 1.82) is 0 Å². The lowest BCUT2D eigenvalue weighted by Crippen LogP contribution is -2.21. The summed E-state index contributed by atoms with van der Waals surface area (Å²) >= 11 is 0. The zero-order valence-electron chi connectivity index (χ0n) is 20.0. The second-order valence-electron chi connectivity index (χ2n) is 8.48. The van der Waals surface area contributed by atoms with Crippen LogP contribution in [0, 0.1) is 0 Å². The third kappa shape index (κ3) is 4.73. The highest BCUT2D eigenvalue weighted by molar-refractivity contribution is 5.96. The Hall–Kier alpha value is -4.37. The monoisotopic (exact) mass is 486 g/mol. The SMILES string of the molecule is COCC(C)OC(=O)Cc1ccccc1OCc1cc(-c2ncnn3c(N)ccc23)c2occc2c1. The van der Waals surface area contributed by atoms with Crippen molar-refractivity contribution in [3.63, 3.8) is 0 Å². The molecule has 0 aliphatic heterocycles. The van der Waals surface area contributed by atoms with E-state index in [9.17, 15) is 4.79 Å². The van der Waals surface area contributed by atoms with Crippen molar-refractivity contribution in [2.75, 3.05) is 19.5 Å². The zero-order chi connectivity index (χ0) is 25.1. The number of anilines is 1. The minimum atomic E-state index is -0.336. The minimum Gasteiger partial charge on any atom is -0.489 e. The van der Waals surface area contributed by atoms with Crippen molar-refractivity contribution in [2.24, 2.45) is 0 Å². The number of esters is 1. The van der Waals surface area contributed by atoms with Gasteiger partial charge in [0.15, 0.2) is 0 Å². The van der Waals surface area contributed by atoms with Gasteiger partial charge in [0.25, 0.3) is 0 Å². The topological polar surface area (TPSA) is 114 Å². The van der Waals surface area contributed by atoms with Crippen LogP contribution in [0.2, 0.25) is 0 Å². The summed E-state index contributed by atoms with van der Waals surface area (Å²) in [5.41, 5.74) is 10.7. The number of hydrogen-bond donors (Lipinski definition) is 1. The van der Waals surface area contributed by atoms with Gasteiger partial charge in [0, 0.05) is 23.6 Å². The van der Waals surface area contributed by atoms with Crippen molar-refractivity contribution in [3.8, 4) is 17.0 Å². The van der Waals surface area contributed by atoms with Gasteiger partial charge in [-0.25, -0.2) is 9.50 Å². The standard InChI is InChI=1S/C27H26N4O5/c1-17(14-33-2)36-25(32)13-19-5-3-4-6-23(19)35-15-18-11-20-9-10-34-27(20)21(12-18)26-22-7-8-24(28)31(22)30-16-29-26/h3-12,16-17H,13-15,28H2,1-2H3. The smallest absolute Gasteiger partial charge is 0.310 e. The average molecular weight is 487 g/mol. The van der Waals surface area contributed by atoms with Gasteiger partial charge in [0.1, 0.15) is 41.9 Å². The first-order valence-corrected chi connectivity index (χ1v) is 11.5. The Morgan fingerprint density at radius 3 is 2.89 bits per heavy atom. The average Bonchev–Trinajstić information content (AvgIpc) is 3.50. The third-order valence-corrected chi connectivity index (χ3v) is 5.78. The first-order chi connectivity index (χ1) is 17.5. The molecule has 184 valence electrons. The molecule has 0 saturated carbocycles. The molecule has 3 aromatic heterocycles. The summed E-state index contributed by atoms with van der Waals surface area (Å²) in [6, 6.07) is 17.0. The number of carbonyl (C=O) groups is 1. The number of nitrogen functional groups attached to an aromatic ring is 1. The van der Waals surface area contributed by atoms with Crippen LogP contribution in [-0.4, -0.2) is 40.4 Å². The van der Waals surface area contributed by atoms with E-state index < -0.39 is 0 Å². The van der Waals surface area contributed by atoms with Gasteiger partial charge < -0.3 is 24.4 Å². The Kier molecular flexibility index (Phi) is 6.55. The second kappa shape index (κ2) is 10.1. The van der Waals surface area contributed by atoms with E-state index >= 15 is 0 Å². The molecule has 36 heavy (non-hydrogen) atoms. The molecule has 2 N–H and O–H groups in total. The molecule has 0 aliphatic carbocycles. The molecule has 9 nitrogen and oxygen atoms in total. The highest BCUT2D eigenvalue weighted by Gasteiger charge is 2.17. The van der Waals surface area contributed by atoms with Crippen LogP contribution in [0.4, 0.5) is 5.82 Å². The van der Waals surface area contributed by atoms with Crippen molar-refractivity contribution in [2.45, 2.75) is 26.1 Å². The lowest BCUT2D eigenvalue weighted by atomic mass is 10.0. The Morgan fingerprint density at radius 1 is 1.17 bits per heavy atom. The Labute approximate surface area is 207 Å². The summed E-state index contributed by atoms with van der Waals surface area (Å²) in [5, 5.41) is 5.16. The summed E-state index contributed by atoms with van der Waals surface area (Å²) in [5.74, 6) is 0.805. The Morgan fingerprint density at radius 2 is 2.03 bits per heavy atom. The van der Waals surface area contributed by atoms with Crippen LogP contribution in [0.3, 0.4) is 0 Å². The van der Waals surface area contributed by atoms with E-state index in [4.69, 9.17) is 24.4 Å². The maximum absolute atomic E-state index is 12.4. The number of carbonyl (C=O) groups excluding carboxylic acids is 1. The number of benzene rings is 2. The number of aromatic nitrogens is 3. The molecule has 1 atom stereocenters. The van der Waals surface area contributed by atoms with E-state index in [0.717, 1.165) is 27.6 Å². The molecule has 0 fully saturated rings. The summed E-state index contributed by atoms with van der Waals surface area (Å²) in [6.07, 6.45) is 2.90. The first-order valence-electron chi connectivity index (χ1n) is 11.5. The highest BCUT2D eigenvalue weighted by atomic mass is 16.6. The summed E-state index contributed by atoms with van der Waals surface area (Å²) in [7, 11) is 1.57. The predicted molar refractivity (Wildman–Crippen MR) is 135 cm³/mol. The third-order valence-electron chi connectivity index (χ3n) is 5.78. The van der Waals surface area contributed by atoms with Crippen LogP contribution in [0.15, 0.2) is 71.6 Å². The fraction of sp³-hybridized carbons (Fsp3) is 0.222. The Balaban J connectivity index is 1.41. The predicted octanol–water partition coefficient (Wildman–Crippen LogP) is 4.42. The quantitative estimate of drug-likeness (QED) is 0.305. The number of nitrogens with two attached hydrogens (primary N) is 1. The minimum absolute atomic E-state index is 0.102. The normalized spacial score (nSPS) is 12.2. The fourth-order valence-corrected chi connectivity index (χ4v) is 4.21. The number of furan rings is 1. The van der Waals surface area contributed by atoms with E-state index in [0.29, 0.717) is 29.5 Å². The molecule has 3 heterocycles. The lowest BCUT2D eigenvalue weighted by Gasteiger charge is -2.15. The van der Waals surface area contributed by atoms with E-state index in [-0.39, 0.29) is 25.1 Å². The highest BCUT2D eigenvalue weighted by Crippen LogP contribution is 2.33. The van der Waals surface area contributed by atoms with Crippen molar-refractivity contribution in [1.82, 2.24) is 14.6 Å². The van der Waals surface area contributed by atoms with Crippen LogP contribution in [0.5, 0.6) is 5.75 Å². The molecule has 0 bridgehead atoms. The molecule has 9 heteroatoms. The summed E-state index contributed by atoms with van der Waals surface area (Å²) in [4.78, 5) is 16.9. The van der Waals surface area contributed by atoms with Crippen molar-refractivity contribution >= 4 is 28.3 Å². The van der Waals surface area contributed by atoms with Gasteiger partial charge in [0.2, 0.25) is 0 Å². The van der Waals surface area contributed by atoms with Gasteiger partial charge >= 0.3 is 5.97 Å². The van der Waals surface area contributed by atoms with E-state index in [1.807, 2.05) is 48.5 Å².